The van der Waals surface area contributed by atoms with Crippen LogP contribution in [0, 0.1) is 0 Å². The Hall–Kier alpha value is -3.69. The standard InChI is InChI=1S/C22H25N7O3/c1-27(16-12-14-4-5-15(13-16)29(14)22(30)31)20-9-7-18(25-26-20)17-6-8-19(21(24-17)32-2)28-11-3-10-23-28/h3,6-11,14-16H,4-5,12-13H2,1-2H3,(H,30,31)/t14-,15+,16-. The van der Waals surface area contributed by atoms with Gasteiger partial charge in [-0.3, -0.25) is 0 Å². The second kappa shape index (κ2) is 8.10. The molecule has 2 bridgehead atoms. The molecule has 0 radical (unpaired) electrons. The number of rotatable bonds is 5. The summed E-state index contributed by atoms with van der Waals surface area (Å²) in [6, 6.07) is 9.86. The number of ether oxygens (including phenoxy) is 1. The van der Waals surface area contributed by atoms with E-state index < -0.39 is 6.09 Å². The van der Waals surface area contributed by atoms with Gasteiger partial charge in [-0.1, -0.05) is 0 Å². The molecule has 0 aliphatic carbocycles. The largest absolute Gasteiger partial charge is 0.479 e. The van der Waals surface area contributed by atoms with E-state index in [1.54, 1.807) is 22.9 Å². The van der Waals surface area contributed by atoms with Crippen molar-refractivity contribution in [2.75, 3.05) is 19.1 Å². The fourth-order valence-electron chi connectivity index (χ4n) is 4.93. The Morgan fingerprint density at radius 2 is 1.88 bits per heavy atom. The fourth-order valence-corrected chi connectivity index (χ4v) is 4.93. The Morgan fingerprint density at radius 3 is 2.47 bits per heavy atom. The number of hydrogen-bond donors (Lipinski definition) is 1. The van der Waals surface area contributed by atoms with Crippen molar-refractivity contribution in [2.24, 2.45) is 0 Å². The van der Waals surface area contributed by atoms with Gasteiger partial charge in [-0.05, 0) is 56.0 Å². The van der Waals surface area contributed by atoms with Gasteiger partial charge in [0.1, 0.15) is 11.4 Å². The van der Waals surface area contributed by atoms with Crippen LogP contribution in [0.3, 0.4) is 0 Å². The van der Waals surface area contributed by atoms with Gasteiger partial charge in [0.05, 0.1) is 12.8 Å². The number of carbonyl (C=O) groups is 1. The third kappa shape index (κ3) is 3.51. The van der Waals surface area contributed by atoms with Gasteiger partial charge in [0.2, 0.25) is 5.88 Å². The molecular formula is C22H25N7O3. The molecule has 3 aromatic heterocycles. The predicted octanol–water partition coefficient (Wildman–Crippen LogP) is 2.84. The van der Waals surface area contributed by atoms with Gasteiger partial charge >= 0.3 is 6.09 Å². The van der Waals surface area contributed by atoms with Crippen LogP contribution < -0.4 is 9.64 Å². The van der Waals surface area contributed by atoms with Crippen LogP contribution >= 0.6 is 0 Å². The quantitative estimate of drug-likeness (QED) is 0.652. The summed E-state index contributed by atoms with van der Waals surface area (Å²) < 4.78 is 7.15. The van der Waals surface area contributed by atoms with Crippen molar-refractivity contribution in [1.82, 2.24) is 29.9 Å². The summed E-state index contributed by atoms with van der Waals surface area (Å²) in [4.78, 5) is 19.9. The fraction of sp³-hybridized carbons (Fsp3) is 0.409. The average molecular weight is 435 g/mol. The lowest BCUT2D eigenvalue weighted by molar-refractivity contribution is 0.0965. The molecule has 3 atom stereocenters. The number of piperidine rings is 1. The number of carboxylic acid groups (broad SMARTS) is 1. The highest BCUT2D eigenvalue weighted by molar-refractivity contribution is 5.67. The van der Waals surface area contributed by atoms with Crippen LogP contribution in [0.25, 0.3) is 17.1 Å². The number of aromatic nitrogens is 5. The molecule has 0 saturated carbocycles. The van der Waals surface area contributed by atoms with Crippen molar-refractivity contribution in [2.45, 2.75) is 43.8 Å². The molecule has 0 spiro atoms. The lowest BCUT2D eigenvalue weighted by atomic mass is 9.96. The summed E-state index contributed by atoms with van der Waals surface area (Å²) in [7, 11) is 3.58. The second-order valence-electron chi connectivity index (χ2n) is 8.26. The molecule has 1 amide bonds. The molecule has 2 saturated heterocycles. The van der Waals surface area contributed by atoms with E-state index in [2.05, 4.69) is 25.2 Å². The first-order valence-corrected chi connectivity index (χ1v) is 10.7. The molecule has 3 aromatic rings. The minimum atomic E-state index is -0.802. The molecule has 5 heterocycles. The zero-order chi connectivity index (χ0) is 22.2. The highest BCUT2D eigenvalue weighted by Crippen LogP contribution is 2.38. The Labute approximate surface area is 185 Å². The molecule has 10 nitrogen and oxygen atoms in total. The summed E-state index contributed by atoms with van der Waals surface area (Å²) in [5.74, 6) is 1.22. The molecule has 5 rings (SSSR count). The van der Waals surface area contributed by atoms with Crippen LogP contribution in [0.5, 0.6) is 5.88 Å². The maximum absolute atomic E-state index is 11.5. The molecule has 0 unspecified atom stereocenters. The first kappa shape index (κ1) is 20.2. The molecule has 166 valence electrons. The highest BCUT2D eigenvalue weighted by atomic mass is 16.5. The van der Waals surface area contributed by atoms with Crippen molar-refractivity contribution in [3.05, 3.63) is 42.7 Å². The monoisotopic (exact) mass is 435 g/mol. The van der Waals surface area contributed by atoms with Crippen molar-refractivity contribution in [1.29, 1.82) is 0 Å². The van der Waals surface area contributed by atoms with E-state index in [0.717, 1.165) is 37.2 Å². The number of amides is 1. The normalized spacial score (nSPS) is 22.1. The molecule has 32 heavy (non-hydrogen) atoms. The van der Waals surface area contributed by atoms with E-state index in [1.165, 1.54) is 0 Å². The lowest BCUT2D eigenvalue weighted by Gasteiger charge is -2.41. The summed E-state index contributed by atoms with van der Waals surface area (Å²) in [6.07, 6.45) is 6.24. The van der Waals surface area contributed by atoms with E-state index in [4.69, 9.17) is 4.74 Å². The van der Waals surface area contributed by atoms with Crippen LogP contribution in [-0.2, 0) is 0 Å². The number of hydrogen-bond acceptors (Lipinski definition) is 7. The van der Waals surface area contributed by atoms with Crippen LogP contribution in [0.1, 0.15) is 25.7 Å². The van der Waals surface area contributed by atoms with Gasteiger partial charge in [-0.25, -0.2) is 14.5 Å². The summed E-state index contributed by atoms with van der Waals surface area (Å²) >= 11 is 0. The van der Waals surface area contributed by atoms with E-state index in [1.807, 2.05) is 43.6 Å². The Bertz CT molecular complexity index is 1090. The van der Waals surface area contributed by atoms with Crippen LogP contribution in [-0.4, -0.2) is 73.3 Å². The molecule has 2 fully saturated rings. The minimum absolute atomic E-state index is 0.0934. The van der Waals surface area contributed by atoms with Gasteiger partial charge < -0.3 is 19.6 Å². The lowest BCUT2D eigenvalue weighted by Crippen LogP contribution is -2.51. The van der Waals surface area contributed by atoms with E-state index in [-0.39, 0.29) is 18.1 Å². The third-order valence-electron chi connectivity index (χ3n) is 6.54. The number of pyridine rings is 1. The summed E-state index contributed by atoms with van der Waals surface area (Å²) in [5, 5.41) is 22.5. The number of nitrogens with zero attached hydrogens (tertiary/aromatic N) is 7. The Balaban J connectivity index is 1.33. The first-order chi connectivity index (χ1) is 15.5. The minimum Gasteiger partial charge on any atom is -0.479 e. The smallest absolute Gasteiger partial charge is 0.407 e. The molecule has 0 aromatic carbocycles. The van der Waals surface area contributed by atoms with Gasteiger partial charge in [-0.15, -0.1) is 10.2 Å². The molecule has 10 heteroatoms. The van der Waals surface area contributed by atoms with Crippen LogP contribution in [0.4, 0.5) is 10.6 Å². The summed E-state index contributed by atoms with van der Waals surface area (Å²) in [6.45, 7) is 0. The molecular weight excluding hydrogens is 410 g/mol. The van der Waals surface area contributed by atoms with E-state index >= 15 is 0 Å². The SMILES string of the molecule is COc1nc(-c2ccc(N(C)[C@@H]3C[C@H]4CC[C@@H](C3)N4C(=O)O)nn2)ccc1-n1cccn1. The van der Waals surface area contributed by atoms with Crippen LogP contribution in [0.2, 0.25) is 0 Å². The second-order valence-corrected chi connectivity index (χ2v) is 8.26. The first-order valence-electron chi connectivity index (χ1n) is 10.7. The zero-order valence-corrected chi connectivity index (χ0v) is 18.0. The van der Waals surface area contributed by atoms with Crippen molar-refractivity contribution in [3.63, 3.8) is 0 Å². The zero-order valence-electron chi connectivity index (χ0n) is 18.0. The van der Waals surface area contributed by atoms with Crippen molar-refractivity contribution in [3.8, 4) is 23.0 Å². The van der Waals surface area contributed by atoms with Gasteiger partial charge in [-0.2, -0.15) is 5.10 Å². The topological polar surface area (TPSA) is 110 Å². The molecule has 1 N–H and O–H groups in total. The number of methoxy groups -OCH3 is 1. The Morgan fingerprint density at radius 1 is 1.12 bits per heavy atom. The maximum atomic E-state index is 11.5. The molecule has 2 aliphatic heterocycles. The highest BCUT2D eigenvalue weighted by Gasteiger charge is 2.44. The van der Waals surface area contributed by atoms with Gasteiger partial charge in [0.15, 0.2) is 5.82 Å². The maximum Gasteiger partial charge on any atom is 0.407 e. The number of anilines is 1. The van der Waals surface area contributed by atoms with Crippen LogP contribution in [0.15, 0.2) is 42.7 Å². The van der Waals surface area contributed by atoms with Crippen molar-refractivity contribution < 1.29 is 14.6 Å². The average Bonchev–Trinajstić information content (AvgIpc) is 3.44. The Kier molecular flexibility index (Phi) is 5.12. The third-order valence-corrected chi connectivity index (χ3v) is 6.54. The summed E-state index contributed by atoms with van der Waals surface area (Å²) in [5.41, 5.74) is 2.05. The predicted molar refractivity (Wildman–Crippen MR) is 117 cm³/mol. The van der Waals surface area contributed by atoms with E-state index in [9.17, 15) is 9.90 Å². The van der Waals surface area contributed by atoms with E-state index in [0.29, 0.717) is 17.3 Å². The van der Waals surface area contributed by atoms with Gasteiger partial charge in [0.25, 0.3) is 0 Å². The number of fused-ring (bicyclic) bond motifs is 2. The molecule has 2 aliphatic rings. The van der Waals surface area contributed by atoms with Crippen molar-refractivity contribution >= 4 is 11.9 Å². The van der Waals surface area contributed by atoms with Gasteiger partial charge in [0, 0.05) is 37.6 Å².